The Kier molecular flexibility index (Phi) is 12.1. The third-order valence-corrected chi connectivity index (χ3v) is 11.1. The number of aromatic nitrogens is 9. The quantitative estimate of drug-likeness (QED) is 0.0652. The minimum absolute atomic E-state index is 0.126. The first-order valence-electron chi connectivity index (χ1n) is 20.9. The molecule has 1 spiro atoms. The zero-order chi connectivity index (χ0) is 44.4. The fraction of sp³-hybridized carbons (Fsp3) is 0.405. The molecule has 21 heteroatoms. The van der Waals surface area contributed by atoms with Crippen molar-refractivity contribution in [2.24, 2.45) is 11.5 Å². The van der Waals surface area contributed by atoms with Crippen LogP contribution in [-0.4, -0.2) is 124 Å². The number of nitrogens with two attached hydrogens (primary N) is 2. The number of anilines is 2. The smallest absolute Gasteiger partial charge is 0.276 e. The summed E-state index contributed by atoms with van der Waals surface area (Å²) in [4.78, 5) is 68.2. The van der Waals surface area contributed by atoms with E-state index >= 15 is 0 Å². The third-order valence-electron chi connectivity index (χ3n) is 11.1. The number of amides is 4. The molecule has 0 unspecified atom stereocenters. The van der Waals surface area contributed by atoms with E-state index < -0.39 is 23.6 Å². The highest BCUT2D eigenvalue weighted by Crippen LogP contribution is 2.32. The highest BCUT2D eigenvalue weighted by molar-refractivity contribution is 6.05. The molecule has 8 rings (SSSR count). The summed E-state index contributed by atoms with van der Waals surface area (Å²) in [7, 11) is 0. The van der Waals surface area contributed by atoms with Crippen LogP contribution in [0.25, 0.3) is 22.2 Å². The van der Waals surface area contributed by atoms with Crippen molar-refractivity contribution in [1.82, 2.24) is 53.9 Å². The molecule has 0 atom stereocenters. The molecule has 4 amide bonds. The molecule has 0 bridgehead atoms. The predicted molar refractivity (Wildman–Crippen MR) is 233 cm³/mol. The number of hydrogen-bond acceptors (Lipinski definition) is 13. The summed E-state index contributed by atoms with van der Waals surface area (Å²) in [5.74, 6) is -1.42. The van der Waals surface area contributed by atoms with Crippen LogP contribution in [0.3, 0.4) is 0 Å². The van der Waals surface area contributed by atoms with Gasteiger partial charge in [-0.25, -0.2) is 15.0 Å². The summed E-state index contributed by atoms with van der Waals surface area (Å²) < 4.78 is 19.1. The predicted octanol–water partition coefficient (Wildman–Crippen LogP) is 2.23. The summed E-state index contributed by atoms with van der Waals surface area (Å²) in [6.07, 6.45) is 5.76. The van der Waals surface area contributed by atoms with Crippen molar-refractivity contribution in [2.45, 2.75) is 65.9 Å². The molecule has 63 heavy (non-hydrogen) atoms. The molecule has 2 aliphatic heterocycles. The molecule has 21 nitrogen and oxygen atoms in total. The Morgan fingerprint density at radius 2 is 1.44 bits per heavy atom. The number of pyridine rings is 1. The van der Waals surface area contributed by atoms with Crippen molar-refractivity contribution in [2.75, 3.05) is 56.6 Å². The third kappa shape index (κ3) is 8.88. The van der Waals surface area contributed by atoms with E-state index in [1.807, 2.05) is 32.9 Å². The number of aryl methyl sites for hydroxylation is 4. The monoisotopic (exact) mass is 861 g/mol. The van der Waals surface area contributed by atoms with Crippen molar-refractivity contribution >= 4 is 57.7 Å². The number of ether oxygens (including phenoxy) is 2. The van der Waals surface area contributed by atoms with Gasteiger partial charge >= 0.3 is 0 Å². The van der Waals surface area contributed by atoms with Gasteiger partial charge in [0.05, 0.1) is 35.7 Å². The molecule has 0 saturated carbocycles. The number of hydrogen-bond donors (Lipinski definition) is 5. The first kappa shape index (κ1) is 42.7. The van der Waals surface area contributed by atoms with Crippen molar-refractivity contribution in [1.29, 1.82) is 0 Å². The van der Waals surface area contributed by atoms with Gasteiger partial charge in [0.25, 0.3) is 11.8 Å². The number of rotatable bonds is 17. The van der Waals surface area contributed by atoms with Gasteiger partial charge < -0.3 is 30.8 Å². The van der Waals surface area contributed by atoms with Gasteiger partial charge in [-0.1, -0.05) is 12.2 Å². The fourth-order valence-electron chi connectivity index (χ4n) is 8.11. The Morgan fingerprint density at radius 1 is 0.841 bits per heavy atom. The van der Waals surface area contributed by atoms with E-state index in [2.05, 4.69) is 41.0 Å². The van der Waals surface area contributed by atoms with Crippen molar-refractivity contribution in [3.05, 3.63) is 82.6 Å². The molecule has 0 aliphatic carbocycles. The Hall–Kier alpha value is -6.97. The minimum atomic E-state index is -0.667. The van der Waals surface area contributed by atoms with Crippen LogP contribution in [0, 0.1) is 13.8 Å². The fourth-order valence-corrected chi connectivity index (χ4v) is 8.11. The molecule has 6 aromatic rings. The normalized spacial score (nSPS) is 15.0. The van der Waals surface area contributed by atoms with Crippen LogP contribution < -0.4 is 32.2 Å². The molecular formula is C42H51N15O6. The van der Waals surface area contributed by atoms with Gasteiger partial charge in [-0.2, -0.15) is 10.2 Å². The second-order valence-corrected chi connectivity index (χ2v) is 15.7. The zero-order valence-corrected chi connectivity index (χ0v) is 35.7. The Bertz CT molecular complexity index is 2750. The second kappa shape index (κ2) is 17.8. The average molecular weight is 862 g/mol. The van der Waals surface area contributed by atoms with E-state index in [9.17, 15) is 19.2 Å². The lowest BCUT2D eigenvalue weighted by atomic mass is 9.92. The lowest BCUT2D eigenvalue weighted by molar-refractivity contribution is -0.156. The lowest BCUT2D eigenvalue weighted by Gasteiger charge is -2.51. The molecule has 330 valence electrons. The average Bonchev–Trinajstić information content (AvgIpc) is 4.02. The number of allylic oxidation sites excluding steroid dienone is 2. The first-order chi connectivity index (χ1) is 30.3. The maximum absolute atomic E-state index is 13.8. The molecule has 1 aromatic carbocycles. The van der Waals surface area contributed by atoms with Crippen LogP contribution in [-0.2, 0) is 30.9 Å². The molecule has 5 aromatic heterocycles. The number of benzene rings is 1. The van der Waals surface area contributed by atoms with Crippen LogP contribution in [0.2, 0.25) is 0 Å². The SMILES string of the molecule is CCn1nc(C)cc1C(=O)Nc1nc2cc(C(N)=O)cnc2n1C/C=C/Cn1c(NC(=O)c2cc(C)nn2CC)nc2cc(C(N)=O)cc(OCCCN3CC4(CNCCO4)C3)c21. The summed E-state index contributed by atoms with van der Waals surface area (Å²) >= 11 is 0. The van der Waals surface area contributed by atoms with Crippen LogP contribution >= 0.6 is 0 Å². The van der Waals surface area contributed by atoms with Crippen molar-refractivity contribution in [3.63, 3.8) is 0 Å². The van der Waals surface area contributed by atoms with E-state index in [0.717, 1.165) is 32.7 Å². The molecule has 2 fully saturated rings. The van der Waals surface area contributed by atoms with E-state index in [0.29, 0.717) is 83.4 Å². The Morgan fingerprint density at radius 3 is 2.05 bits per heavy atom. The van der Waals surface area contributed by atoms with Crippen LogP contribution in [0.4, 0.5) is 11.9 Å². The van der Waals surface area contributed by atoms with Gasteiger partial charge in [0.15, 0.2) is 5.65 Å². The molecule has 0 radical (unpaired) electrons. The number of likely N-dealkylation sites (tertiary alicyclic amines) is 1. The van der Waals surface area contributed by atoms with E-state index in [4.69, 9.17) is 25.9 Å². The van der Waals surface area contributed by atoms with Gasteiger partial charge in [-0.15, -0.1) is 0 Å². The van der Waals surface area contributed by atoms with Gasteiger partial charge in [-0.3, -0.25) is 48.6 Å². The minimum Gasteiger partial charge on any atom is -0.491 e. The Balaban J connectivity index is 1.09. The summed E-state index contributed by atoms with van der Waals surface area (Å²) in [6, 6.07) is 8.08. The number of imidazole rings is 2. The highest BCUT2D eigenvalue weighted by atomic mass is 16.5. The number of morpholine rings is 1. The number of carbonyl (C=O) groups excluding carboxylic acids is 4. The molecular weight excluding hydrogens is 811 g/mol. The molecule has 2 saturated heterocycles. The molecule has 7 N–H and O–H groups in total. The van der Waals surface area contributed by atoms with Crippen LogP contribution in [0.1, 0.15) is 73.3 Å². The number of carbonyl (C=O) groups is 4. The summed E-state index contributed by atoms with van der Waals surface area (Å²) in [5.41, 5.74) is 15.3. The van der Waals surface area contributed by atoms with Crippen LogP contribution in [0.15, 0.2) is 48.7 Å². The lowest BCUT2D eigenvalue weighted by Crippen LogP contribution is -2.69. The number of nitrogens with one attached hydrogen (secondary N) is 3. The second-order valence-electron chi connectivity index (χ2n) is 15.7. The standard InChI is InChI=1S/C42H51N15O6/c1-5-56-31(16-25(3)51-56)38(60)49-40-47-29-18-27(35(43)58)20-33(62-14-9-11-53-23-42(24-53)22-45-10-15-63-42)34(29)54(40)12-7-8-13-55-37-30(19-28(21-46-37)36(44)59)48-41(55)50-39(61)32-17-26(4)52-57(32)6-2/h7-8,16-21,45H,5-6,9-15,22-24H2,1-4H3,(H2,43,58)(H2,44,59)(H,47,49,60)(H,48,50,61)/b8-7+. The zero-order valence-electron chi connectivity index (χ0n) is 35.7. The van der Waals surface area contributed by atoms with Gasteiger partial charge in [0.2, 0.25) is 23.7 Å². The number of nitrogens with zero attached hydrogens (tertiary/aromatic N) is 10. The molecule has 2 aliphatic rings. The first-order valence-corrected chi connectivity index (χ1v) is 20.9. The largest absolute Gasteiger partial charge is 0.491 e. The maximum Gasteiger partial charge on any atom is 0.276 e. The Labute approximate surface area is 361 Å². The summed E-state index contributed by atoms with van der Waals surface area (Å²) in [5, 5.41) is 18.1. The number of fused-ring (bicyclic) bond motifs is 2. The summed E-state index contributed by atoms with van der Waals surface area (Å²) in [6.45, 7) is 13.9. The van der Waals surface area contributed by atoms with Crippen LogP contribution in [0.5, 0.6) is 5.75 Å². The van der Waals surface area contributed by atoms with Gasteiger partial charge in [0, 0.05) is 70.7 Å². The van der Waals surface area contributed by atoms with Crippen molar-refractivity contribution in [3.8, 4) is 5.75 Å². The maximum atomic E-state index is 13.8. The highest BCUT2D eigenvalue weighted by Gasteiger charge is 2.44. The van der Waals surface area contributed by atoms with Gasteiger partial charge in [-0.05, 0) is 64.4 Å². The topological polar surface area (TPSA) is 262 Å². The van der Waals surface area contributed by atoms with E-state index in [1.165, 1.54) is 12.3 Å². The van der Waals surface area contributed by atoms with E-state index in [1.54, 1.807) is 49.7 Å². The van der Waals surface area contributed by atoms with Gasteiger partial charge in [0.1, 0.15) is 33.8 Å². The number of primary amides is 2. The van der Waals surface area contributed by atoms with E-state index in [-0.39, 0.29) is 41.7 Å². The van der Waals surface area contributed by atoms with Crippen molar-refractivity contribution < 1.29 is 28.7 Å². The molecule has 7 heterocycles.